The van der Waals surface area contributed by atoms with Crippen LogP contribution >= 0.6 is 23.2 Å². The molecule has 1 aromatic rings. The van der Waals surface area contributed by atoms with Crippen molar-refractivity contribution in [3.8, 4) is 0 Å². The first-order valence-corrected chi connectivity index (χ1v) is 8.68. The molecule has 1 saturated carbocycles. The first-order chi connectivity index (χ1) is 9.24. The lowest BCUT2D eigenvalue weighted by atomic mass is 10.2. The molecule has 1 aromatic carbocycles. The highest BCUT2D eigenvalue weighted by molar-refractivity contribution is 7.89. The second-order valence-electron chi connectivity index (χ2n) is 5.30. The molecule has 0 spiro atoms. The topological polar surface area (TPSA) is 72.2 Å². The van der Waals surface area contributed by atoms with Crippen LogP contribution in [0.1, 0.15) is 24.0 Å². The van der Waals surface area contributed by atoms with Gasteiger partial charge in [-0.05, 0) is 49.8 Å². The highest BCUT2D eigenvalue weighted by Gasteiger charge is 2.30. The van der Waals surface area contributed by atoms with E-state index in [2.05, 4.69) is 4.72 Å². The Bertz CT molecular complexity index is 601. The van der Waals surface area contributed by atoms with E-state index in [1.807, 2.05) is 0 Å². The molecule has 20 heavy (non-hydrogen) atoms. The zero-order valence-electron chi connectivity index (χ0n) is 11.4. The molecular weight excluding hydrogens is 319 g/mol. The van der Waals surface area contributed by atoms with Crippen molar-refractivity contribution in [2.45, 2.75) is 37.6 Å². The maximum atomic E-state index is 12.4. The molecule has 1 fully saturated rings. The van der Waals surface area contributed by atoms with Crippen LogP contribution in [0, 0.1) is 19.8 Å². The van der Waals surface area contributed by atoms with Crippen molar-refractivity contribution in [3.05, 3.63) is 27.2 Å². The summed E-state index contributed by atoms with van der Waals surface area (Å²) in [7, 11) is -3.71. The van der Waals surface area contributed by atoms with Crippen molar-refractivity contribution < 1.29 is 8.42 Å². The lowest BCUT2D eigenvalue weighted by molar-refractivity contribution is 0.547. The summed E-state index contributed by atoms with van der Waals surface area (Å²) in [5.74, 6) is 0.426. The largest absolute Gasteiger partial charge is 0.326 e. The Kier molecular flexibility index (Phi) is 4.66. The SMILES string of the molecule is Cc1cc(Cl)c(C)c(S(=O)(=O)NCC(N)C2CC2)c1Cl. The summed E-state index contributed by atoms with van der Waals surface area (Å²) in [6.07, 6.45) is 2.14. The van der Waals surface area contributed by atoms with Crippen LogP contribution in [0.4, 0.5) is 0 Å². The second kappa shape index (κ2) is 5.81. The van der Waals surface area contributed by atoms with E-state index < -0.39 is 10.0 Å². The van der Waals surface area contributed by atoms with Crippen LogP contribution in [0.25, 0.3) is 0 Å². The lowest BCUT2D eigenvalue weighted by Crippen LogP contribution is -2.38. The molecule has 4 nitrogen and oxygen atoms in total. The van der Waals surface area contributed by atoms with Gasteiger partial charge in [-0.15, -0.1) is 0 Å². The first-order valence-electron chi connectivity index (χ1n) is 6.44. The molecule has 1 unspecified atom stereocenters. The van der Waals surface area contributed by atoms with Gasteiger partial charge in [-0.1, -0.05) is 23.2 Å². The maximum Gasteiger partial charge on any atom is 0.242 e. The van der Waals surface area contributed by atoms with Crippen molar-refractivity contribution in [2.75, 3.05) is 6.54 Å². The van der Waals surface area contributed by atoms with E-state index in [0.29, 0.717) is 22.1 Å². The summed E-state index contributed by atoms with van der Waals surface area (Å²) in [6, 6.07) is 1.51. The van der Waals surface area contributed by atoms with Gasteiger partial charge in [-0.25, -0.2) is 13.1 Å². The fourth-order valence-electron chi connectivity index (χ4n) is 2.10. The van der Waals surface area contributed by atoms with Crippen LogP contribution in [0.3, 0.4) is 0 Å². The minimum absolute atomic E-state index is 0.0483. The smallest absolute Gasteiger partial charge is 0.242 e. The van der Waals surface area contributed by atoms with Gasteiger partial charge in [0.2, 0.25) is 10.0 Å². The molecule has 1 aliphatic rings. The molecule has 2 rings (SSSR count). The van der Waals surface area contributed by atoms with E-state index in [1.54, 1.807) is 19.9 Å². The van der Waals surface area contributed by atoms with Crippen LogP contribution in [0.5, 0.6) is 0 Å². The molecule has 7 heteroatoms. The molecule has 112 valence electrons. The van der Waals surface area contributed by atoms with E-state index >= 15 is 0 Å². The van der Waals surface area contributed by atoms with Gasteiger partial charge in [0.15, 0.2) is 0 Å². The summed E-state index contributed by atoms with van der Waals surface area (Å²) in [6.45, 7) is 3.58. The van der Waals surface area contributed by atoms with Gasteiger partial charge in [0.25, 0.3) is 0 Å². The Morgan fingerprint density at radius 2 is 2.00 bits per heavy atom. The van der Waals surface area contributed by atoms with E-state index in [9.17, 15) is 8.42 Å². The second-order valence-corrected chi connectivity index (χ2v) is 7.79. The summed E-state index contributed by atoms with van der Waals surface area (Å²) < 4.78 is 27.4. The van der Waals surface area contributed by atoms with Gasteiger partial charge in [0.1, 0.15) is 4.90 Å². The van der Waals surface area contributed by atoms with E-state index in [4.69, 9.17) is 28.9 Å². The molecule has 0 radical (unpaired) electrons. The predicted molar refractivity (Wildman–Crippen MR) is 81.8 cm³/mol. The fourth-order valence-corrected chi connectivity index (χ4v) is 4.38. The van der Waals surface area contributed by atoms with Crippen LogP contribution < -0.4 is 10.5 Å². The number of halogens is 2. The fraction of sp³-hybridized carbons (Fsp3) is 0.538. The Balaban J connectivity index is 2.29. The number of nitrogens with one attached hydrogen (secondary N) is 1. The molecule has 3 N–H and O–H groups in total. The third-order valence-corrected chi connectivity index (χ3v) is 6.18. The number of sulfonamides is 1. The molecule has 0 aromatic heterocycles. The standard InChI is InChI=1S/C13H18Cl2N2O2S/c1-7-5-10(14)8(2)13(12(7)15)20(18,19)17-6-11(16)9-3-4-9/h5,9,11,17H,3-4,6,16H2,1-2H3. The minimum Gasteiger partial charge on any atom is -0.326 e. The minimum atomic E-state index is -3.71. The van der Waals surface area contributed by atoms with Gasteiger partial charge >= 0.3 is 0 Å². The average molecular weight is 337 g/mol. The molecule has 0 heterocycles. The number of benzene rings is 1. The molecule has 0 aliphatic heterocycles. The first kappa shape index (κ1) is 16.0. The normalized spacial score (nSPS) is 17.2. The van der Waals surface area contributed by atoms with E-state index in [-0.39, 0.29) is 22.5 Å². The maximum absolute atomic E-state index is 12.4. The number of aryl methyl sites for hydroxylation is 1. The Labute approximate surface area is 129 Å². The molecule has 0 amide bonds. The number of hydrogen-bond donors (Lipinski definition) is 2. The predicted octanol–water partition coefficient (Wildman–Crippen LogP) is 2.63. The van der Waals surface area contributed by atoms with Gasteiger partial charge < -0.3 is 5.73 Å². The molecule has 1 aliphatic carbocycles. The Morgan fingerprint density at radius 3 is 2.55 bits per heavy atom. The Hall–Kier alpha value is -0.330. The van der Waals surface area contributed by atoms with Gasteiger partial charge in [0.05, 0.1) is 5.02 Å². The van der Waals surface area contributed by atoms with Gasteiger partial charge in [0, 0.05) is 17.6 Å². The van der Waals surface area contributed by atoms with Crippen LogP contribution in [0.2, 0.25) is 10.0 Å². The summed E-state index contributed by atoms with van der Waals surface area (Å²) in [4.78, 5) is 0.0483. The monoisotopic (exact) mass is 336 g/mol. The third kappa shape index (κ3) is 3.28. The lowest BCUT2D eigenvalue weighted by Gasteiger charge is -2.16. The van der Waals surface area contributed by atoms with Crippen molar-refractivity contribution in [1.29, 1.82) is 0 Å². The van der Waals surface area contributed by atoms with Crippen LogP contribution in [0.15, 0.2) is 11.0 Å². The zero-order chi connectivity index (χ0) is 15.1. The molecule has 0 bridgehead atoms. The summed E-state index contributed by atoms with van der Waals surface area (Å²) >= 11 is 12.2. The van der Waals surface area contributed by atoms with Crippen molar-refractivity contribution in [2.24, 2.45) is 11.7 Å². The van der Waals surface area contributed by atoms with Gasteiger partial charge in [-0.2, -0.15) is 0 Å². The molecule has 1 atom stereocenters. The number of nitrogens with two attached hydrogens (primary N) is 1. The van der Waals surface area contributed by atoms with E-state index in [0.717, 1.165) is 12.8 Å². The summed E-state index contributed by atoms with van der Waals surface area (Å²) in [5, 5.41) is 0.596. The number of rotatable bonds is 5. The molecule has 0 saturated heterocycles. The third-order valence-electron chi connectivity index (χ3n) is 3.59. The van der Waals surface area contributed by atoms with Crippen LogP contribution in [-0.4, -0.2) is 21.0 Å². The zero-order valence-corrected chi connectivity index (χ0v) is 13.7. The molecular formula is C13H18Cl2N2O2S. The van der Waals surface area contributed by atoms with Crippen LogP contribution in [-0.2, 0) is 10.0 Å². The van der Waals surface area contributed by atoms with Crippen molar-refractivity contribution >= 4 is 33.2 Å². The summed E-state index contributed by atoms with van der Waals surface area (Å²) in [5.41, 5.74) is 7.00. The quantitative estimate of drug-likeness (QED) is 0.868. The highest BCUT2D eigenvalue weighted by Crippen LogP contribution is 2.34. The van der Waals surface area contributed by atoms with Crippen molar-refractivity contribution in [1.82, 2.24) is 4.72 Å². The van der Waals surface area contributed by atoms with Crippen molar-refractivity contribution in [3.63, 3.8) is 0 Å². The van der Waals surface area contributed by atoms with Gasteiger partial charge in [-0.3, -0.25) is 0 Å². The average Bonchev–Trinajstić information content (AvgIpc) is 3.18. The highest BCUT2D eigenvalue weighted by atomic mass is 35.5. The Morgan fingerprint density at radius 1 is 1.40 bits per heavy atom. The number of hydrogen-bond acceptors (Lipinski definition) is 3. The van der Waals surface area contributed by atoms with E-state index in [1.165, 1.54) is 0 Å².